The molecule has 0 spiro atoms. The molecule has 0 aliphatic heterocycles. The van der Waals surface area contributed by atoms with E-state index in [0.29, 0.717) is 6.42 Å². The maximum atomic E-state index is 13.0. The Balaban J connectivity index is 2.27. The number of rotatable bonds is 4. The second kappa shape index (κ2) is 6.15. The largest absolute Gasteiger partial charge is 0.358 e. The zero-order chi connectivity index (χ0) is 12.2. The van der Waals surface area contributed by atoms with Crippen molar-refractivity contribution in [3.8, 4) is 0 Å². The number of alkyl halides is 2. The van der Waals surface area contributed by atoms with Gasteiger partial charge in [-0.25, -0.2) is 8.78 Å². The van der Waals surface area contributed by atoms with E-state index in [1.165, 1.54) is 0 Å². The van der Waals surface area contributed by atoms with Gasteiger partial charge in [0.1, 0.15) is 4.32 Å². The SMILES string of the molecule is CCN(CC)C(=S)SC[C@H]1CCC(F)(F)C1. The minimum Gasteiger partial charge on any atom is -0.358 e. The lowest BCUT2D eigenvalue weighted by atomic mass is 10.1. The fraction of sp³-hybridized carbons (Fsp3) is 0.909. The molecular formula is C11H19F2NS2. The Morgan fingerprint density at radius 1 is 1.44 bits per heavy atom. The molecule has 0 aromatic carbocycles. The van der Waals surface area contributed by atoms with Crippen LogP contribution in [0.5, 0.6) is 0 Å². The first-order chi connectivity index (χ1) is 7.48. The van der Waals surface area contributed by atoms with E-state index in [-0.39, 0.29) is 18.8 Å². The molecule has 1 saturated carbocycles. The van der Waals surface area contributed by atoms with Crippen LogP contribution in [0.25, 0.3) is 0 Å². The first kappa shape index (κ1) is 14.2. The molecule has 0 unspecified atom stereocenters. The van der Waals surface area contributed by atoms with Crippen molar-refractivity contribution in [1.82, 2.24) is 4.90 Å². The van der Waals surface area contributed by atoms with Crippen LogP contribution >= 0.6 is 24.0 Å². The van der Waals surface area contributed by atoms with E-state index in [1.807, 2.05) is 0 Å². The molecule has 94 valence electrons. The van der Waals surface area contributed by atoms with Gasteiger partial charge in [0, 0.05) is 31.7 Å². The van der Waals surface area contributed by atoms with Crippen LogP contribution in [0.2, 0.25) is 0 Å². The predicted molar refractivity (Wildman–Crippen MR) is 70.3 cm³/mol. The van der Waals surface area contributed by atoms with Gasteiger partial charge >= 0.3 is 0 Å². The molecule has 1 nitrogen and oxygen atoms in total. The summed E-state index contributed by atoms with van der Waals surface area (Å²) in [7, 11) is 0. The molecule has 1 atom stereocenters. The van der Waals surface area contributed by atoms with E-state index < -0.39 is 5.92 Å². The molecule has 16 heavy (non-hydrogen) atoms. The van der Waals surface area contributed by atoms with Gasteiger partial charge in [-0.2, -0.15) is 0 Å². The van der Waals surface area contributed by atoms with Crippen molar-refractivity contribution >= 4 is 28.3 Å². The van der Waals surface area contributed by atoms with E-state index in [1.54, 1.807) is 11.8 Å². The molecule has 0 saturated heterocycles. The Labute approximate surface area is 106 Å². The van der Waals surface area contributed by atoms with Gasteiger partial charge in [0.25, 0.3) is 0 Å². The van der Waals surface area contributed by atoms with Crippen molar-refractivity contribution in [2.45, 2.75) is 39.0 Å². The summed E-state index contributed by atoms with van der Waals surface area (Å²) in [6.07, 6.45) is 0.734. The number of thioether (sulfide) groups is 1. The van der Waals surface area contributed by atoms with Gasteiger partial charge in [-0.05, 0) is 26.2 Å². The fourth-order valence-electron chi connectivity index (χ4n) is 1.95. The molecule has 1 fully saturated rings. The second-order valence-corrected chi connectivity index (χ2v) is 5.87. The van der Waals surface area contributed by atoms with Crippen LogP contribution in [0, 0.1) is 5.92 Å². The quantitative estimate of drug-likeness (QED) is 0.714. The Bertz CT molecular complexity index is 242. The average Bonchev–Trinajstić information content (AvgIpc) is 2.57. The lowest BCUT2D eigenvalue weighted by molar-refractivity contribution is 0.00597. The van der Waals surface area contributed by atoms with Gasteiger partial charge in [0.05, 0.1) is 0 Å². The summed E-state index contributed by atoms with van der Waals surface area (Å²) in [6, 6.07) is 0. The maximum Gasteiger partial charge on any atom is 0.248 e. The monoisotopic (exact) mass is 267 g/mol. The predicted octanol–water partition coefficient (Wildman–Crippen LogP) is 3.78. The molecule has 1 aliphatic rings. The number of hydrogen-bond donors (Lipinski definition) is 0. The van der Waals surface area contributed by atoms with Gasteiger partial charge in [-0.3, -0.25) is 0 Å². The lowest BCUT2D eigenvalue weighted by Gasteiger charge is -2.21. The molecule has 0 bridgehead atoms. The summed E-state index contributed by atoms with van der Waals surface area (Å²) in [6.45, 7) is 5.90. The zero-order valence-corrected chi connectivity index (χ0v) is 11.5. The van der Waals surface area contributed by atoms with E-state index >= 15 is 0 Å². The second-order valence-electron chi connectivity index (χ2n) is 4.21. The summed E-state index contributed by atoms with van der Waals surface area (Å²) >= 11 is 6.82. The van der Waals surface area contributed by atoms with Crippen molar-refractivity contribution in [1.29, 1.82) is 0 Å². The summed E-state index contributed by atoms with van der Waals surface area (Å²) in [5.41, 5.74) is 0. The molecule has 1 aliphatic carbocycles. The first-order valence-corrected chi connectivity index (χ1v) is 7.17. The van der Waals surface area contributed by atoms with Crippen molar-refractivity contribution < 1.29 is 8.78 Å². The van der Waals surface area contributed by atoms with Crippen LogP contribution in [0.3, 0.4) is 0 Å². The first-order valence-electron chi connectivity index (χ1n) is 5.78. The average molecular weight is 267 g/mol. The van der Waals surface area contributed by atoms with Crippen LogP contribution < -0.4 is 0 Å². The van der Waals surface area contributed by atoms with Crippen LogP contribution in [0.4, 0.5) is 8.78 Å². The number of hydrogen-bond acceptors (Lipinski definition) is 2. The van der Waals surface area contributed by atoms with Crippen LogP contribution in [0.15, 0.2) is 0 Å². The van der Waals surface area contributed by atoms with Gasteiger partial charge < -0.3 is 4.90 Å². The van der Waals surface area contributed by atoms with E-state index in [4.69, 9.17) is 12.2 Å². The standard InChI is InChI=1S/C11H19F2NS2/c1-3-14(4-2)10(15)16-8-9-5-6-11(12,13)7-9/h9H,3-8H2,1-2H3/t9-/m0/s1. The highest BCUT2D eigenvalue weighted by Crippen LogP contribution is 2.40. The Kier molecular flexibility index (Phi) is 5.44. The molecule has 0 amide bonds. The number of thiocarbonyl (C=S) groups is 1. The van der Waals surface area contributed by atoms with E-state index in [2.05, 4.69) is 18.7 Å². The van der Waals surface area contributed by atoms with Crippen molar-refractivity contribution in [3.63, 3.8) is 0 Å². The maximum absolute atomic E-state index is 13.0. The van der Waals surface area contributed by atoms with Crippen molar-refractivity contribution in [3.05, 3.63) is 0 Å². The highest BCUT2D eigenvalue weighted by atomic mass is 32.2. The molecule has 0 aromatic rings. The van der Waals surface area contributed by atoms with Crippen LogP contribution in [0.1, 0.15) is 33.1 Å². The normalized spacial score (nSPS) is 23.4. The van der Waals surface area contributed by atoms with Crippen molar-refractivity contribution in [2.75, 3.05) is 18.8 Å². The summed E-state index contributed by atoms with van der Waals surface area (Å²) < 4.78 is 26.8. The fourth-order valence-corrected chi connectivity index (χ4v) is 3.51. The third kappa shape index (κ3) is 4.17. The molecule has 0 N–H and O–H groups in total. The molecule has 0 aromatic heterocycles. The molecule has 0 radical (unpaired) electrons. The third-order valence-electron chi connectivity index (χ3n) is 2.97. The topological polar surface area (TPSA) is 3.24 Å². The Morgan fingerprint density at radius 2 is 2.06 bits per heavy atom. The molecule has 0 heterocycles. The smallest absolute Gasteiger partial charge is 0.248 e. The van der Waals surface area contributed by atoms with E-state index in [0.717, 1.165) is 23.2 Å². The summed E-state index contributed by atoms with van der Waals surface area (Å²) in [5, 5.41) is 0. The van der Waals surface area contributed by atoms with E-state index in [9.17, 15) is 8.78 Å². The Morgan fingerprint density at radius 3 is 2.50 bits per heavy atom. The summed E-state index contributed by atoms with van der Waals surface area (Å²) in [4.78, 5) is 2.09. The van der Waals surface area contributed by atoms with Crippen LogP contribution in [-0.4, -0.2) is 34.0 Å². The number of halogens is 2. The highest BCUT2D eigenvalue weighted by molar-refractivity contribution is 8.22. The van der Waals surface area contributed by atoms with Gasteiger partial charge in [0.2, 0.25) is 5.92 Å². The third-order valence-corrected chi connectivity index (χ3v) is 4.72. The molecule has 5 heteroatoms. The minimum atomic E-state index is -2.43. The lowest BCUT2D eigenvalue weighted by Crippen LogP contribution is -2.27. The van der Waals surface area contributed by atoms with Crippen LogP contribution in [-0.2, 0) is 0 Å². The zero-order valence-electron chi connectivity index (χ0n) is 9.84. The van der Waals surface area contributed by atoms with Gasteiger partial charge in [0.15, 0.2) is 0 Å². The van der Waals surface area contributed by atoms with Gasteiger partial charge in [-0.15, -0.1) is 0 Å². The minimum absolute atomic E-state index is 0.0425. The molecular weight excluding hydrogens is 248 g/mol. The van der Waals surface area contributed by atoms with Gasteiger partial charge in [-0.1, -0.05) is 24.0 Å². The molecule has 1 rings (SSSR count). The number of nitrogens with zero attached hydrogens (tertiary/aromatic N) is 1. The highest BCUT2D eigenvalue weighted by Gasteiger charge is 2.39. The Hall–Kier alpha value is 0.1000. The summed E-state index contributed by atoms with van der Waals surface area (Å²) in [5.74, 6) is -1.55. The van der Waals surface area contributed by atoms with Crippen molar-refractivity contribution in [2.24, 2.45) is 5.92 Å².